The lowest BCUT2D eigenvalue weighted by molar-refractivity contribution is 0.232. The van der Waals surface area contributed by atoms with E-state index in [2.05, 4.69) is 4.98 Å². The summed E-state index contributed by atoms with van der Waals surface area (Å²) in [5.74, 6) is 0.395. The summed E-state index contributed by atoms with van der Waals surface area (Å²) >= 11 is 5.41. The van der Waals surface area contributed by atoms with Crippen molar-refractivity contribution in [1.82, 2.24) is 9.88 Å². The zero-order valence-electron chi connectivity index (χ0n) is 7.69. The SMILES string of the molecule is O=C(Cl)N1CCC(c2cccnc2)C1. The maximum atomic E-state index is 10.9. The second-order valence-electron chi connectivity index (χ2n) is 3.47. The number of hydrogen-bond donors (Lipinski definition) is 0. The van der Waals surface area contributed by atoms with Crippen LogP contribution in [0.5, 0.6) is 0 Å². The first kappa shape index (κ1) is 9.46. The molecule has 2 rings (SSSR count). The third-order valence-electron chi connectivity index (χ3n) is 2.59. The van der Waals surface area contributed by atoms with E-state index in [1.165, 1.54) is 5.56 Å². The molecule has 1 amide bonds. The number of halogens is 1. The third kappa shape index (κ3) is 1.87. The van der Waals surface area contributed by atoms with E-state index in [-0.39, 0.29) is 5.37 Å². The fourth-order valence-corrected chi connectivity index (χ4v) is 1.96. The van der Waals surface area contributed by atoms with Crippen molar-refractivity contribution in [3.05, 3.63) is 30.1 Å². The molecule has 1 aromatic heterocycles. The predicted octanol–water partition coefficient (Wildman–Crippen LogP) is 2.23. The Morgan fingerprint density at radius 1 is 1.64 bits per heavy atom. The Kier molecular flexibility index (Phi) is 2.68. The van der Waals surface area contributed by atoms with Crippen molar-refractivity contribution in [3.63, 3.8) is 0 Å². The molecule has 14 heavy (non-hydrogen) atoms. The van der Waals surface area contributed by atoms with Gasteiger partial charge in [0.2, 0.25) is 0 Å². The summed E-state index contributed by atoms with van der Waals surface area (Å²) in [6.07, 6.45) is 4.58. The van der Waals surface area contributed by atoms with Gasteiger partial charge < -0.3 is 4.90 Å². The summed E-state index contributed by atoms with van der Waals surface area (Å²) in [7, 11) is 0. The standard InChI is InChI=1S/C10H11ClN2O/c11-10(14)13-5-3-9(7-13)8-2-1-4-12-6-8/h1-2,4,6,9H,3,5,7H2. The maximum Gasteiger partial charge on any atom is 0.316 e. The quantitative estimate of drug-likeness (QED) is 0.526. The van der Waals surface area contributed by atoms with E-state index in [9.17, 15) is 4.79 Å². The molecular weight excluding hydrogens is 200 g/mol. The highest BCUT2D eigenvalue weighted by Gasteiger charge is 2.26. The molecule has 1 aliphatic heterocycles. The molecule has 0 N–H and O–H groups in total. The number of rotatable bonds is 1. The van der Waals surface area contributed by atoms with E-state index in [1.807, 2.05) is 18.3 Å². The topological polar surface area (TPSA) is 33.2 Å². The Morgan fingerprint density at radius 2 is 2.50 bits per heavy atom. The zero-order valence-corrected chi connectivity index (χ0v) is 8.44. The van der Waals surface area contributed by atoms with Gasteiger partial charge in [0.15, 0.2) is 0 Å². The van der Waals surface area contributed by atoms with Crippen LogP contribution in [0.25, 0.3) is 0 Å². The van der Waals surface area contributed by atoms with Gasteiger partial charge in [-0.05, 0) is 29.7 Å². The van der Waals surface area contributed by atoms with Crippen LogP contribution < -0.4 is 0 Å². The summed E-state index contributed by atoms with van der Waals surface area (Å²) in [4.78, 5) is 16.6. The molecule has 1 unspecified atom stereocenters. The highest BCUT2D eigenvalue weighted by molar-refractivity contribution is 6.62. The van der Waals surface area contributed by atoms with Gasteiger partial charge >= 0.3 is 5.37 Å². The fraction of sp³-hybridized carbons (Fsp3) is 0.400. The van der Waals surface area contributed by atoms with Gasteiger partial charge in [0.1, 0.15) is 0 Å². The Bertz CT molecular complexity index is 328. The molecule has 2 heterocycles. The van der Waals surface area contributed by atoms with Crippen molar-refractivity contribution in [3.8, 4) is 0 Å². The van der Waals surface area contributed by atoms with Gasteiger partial charge in [0.25, 0.3) is 0 Å². The molecule has 1 saturated heterocycles. The van der Waals surface area contributed by atoms with Gasteiger partial charge in [0.05, 0.1) is 0 Å². The van der Waals surface area contributed by atoms with Gasteiger partial charge in [-0.1, -0.05) is 6.07 Å². The van der Waals surface area contributed by atoms with Crippen LogP contribution in [0.4, 0.5) is 4.79 Å². The molecule has 3 nitrogen and oxygen atoms in total. The first-order valence-corrected chi connectivity index (χ1v) is 4.99. The molecular formula is C10H11ClN2O. The first-order valence-electron chi connectivity index (χ1n) is 4.61. The van der Waals surface area contributed by atoms with Crippen molar-refractivity contribution in [2.24, 2.45) is 0 Å². The summed E-state index contributed by atoms with van der Waals surface area (Å²) in [5.41, 5.74) is 1.19. The van der Waals surface area contributed by atoms with E-state index < -0.39 is 0 Å². The molecule has 0 spiro atoms. The van der Waals surface area contributed by atoms with E-state index >= 15 is 0 Å². The number of pyridine rings is 1. The number of carbonyl (C=O) groups excluding carboxylic acids is 1. The number of hydrogen-bond acceptors (Lipinski definition) is 2. The number of likely N-dealkylation sites (tertiary alicyclic amines) is 1. The van der Waals surface area contributed by atoms with Crippen LogP contribution in [0, 0.1) is 0 Å². The van der Waals surface area contributed by atoms with Gasteiger partial charge in [-0.25, -0.2) is 0 Å². The summed E-state index contributed by atoms with van der Waals surface area (Å²) < 4.78 is 0. The molecule has 4 heteroatoms. The summed E-state index contributed by atoms with van der Waals surface area (Å²) in [6, 6.07) is 3.96. The number of aromatic nitrogens is 1. The van der Waals surface area contributed by atoms with Crippen LogP contribution >= 0.6 is 11.6 Å². The van der Waals surface area contributed by atoms with E-state index in [0.717, 1.165) is 13.0 Å². The van der Waals surface area contributed by atoms with Crippen LogP contribution in [0.3, 0.4) is 0 Å². The van der Waals surface area contributed by atoms with Gasteiger partial charge in [0, 0.05) is 31.4 Å². The van der Waals surface area contributed by atoms with Crippen molar-refractivity contribution in [2.75, 3.05) is 13.1 Å². The minimum Gasteiger partial charge on any atom is -0.329 e. The summed E-state index contributed by atoms with van der Waals surface area (Å²) in [6.45, 7) is 1.47. The molecule has 1 atom stereocenters. The molecule has 0 saturated carbocycles. The monoisotopic (exact) mass is 210 g/mol. The molecule has 0 aromatic carbocycles. The van der Waals surface area contributed by atoms with Crippen molar-refractivity contribution in [2.45, 2.75) is 12.3 Å². The molecule has 1 aromatic rings. The molecule has 0 bridgehead atoms. The Hall–Kier alpha value is -1.09. The number of amides is 1. The average molecular weight is 211 g/mol. The van der Waals surface area contributed by atoms with Gasteiger partial charge in [-0.3, -0.25) is 9.78 Å². The van der Waals surface area contributed by atoms with Gasteiger partial charge in [-0.15, -0.1) is 0 Å². The molecule has 0 aliphatic carbocycles. The van der Waals surface area contributed by atoms with Crippen LogP contribution in [0.2, 0.25) is 0 Å². The lowest BCUT2D eigenvalue weighted by atomic mass is 10.0. The number of carbonyl (C=O) groups is 1. The minimum atomic E-state index is -0.351. The predicted molar refractivity (Wildman–Crippen MR) is 54.4 cm³/mol. The molecule has 1 fully saturated rings. The molecule has 74 valence electrons. The first-order chi connectivity index (χ1) is 6.77. The van der Waals surface area contributed by atoms with E-state index in [4.69, 9.17) is 11.6 Å². The largest absolute Gasteiger partial charge is 0.329 e. The van der Waals surface area contributed by atoms with Gasteiger partial charge in [-0.2, -0.15) is 0 Å². The van der Waals surface area contributed by atoms with Crippen LogP contribution in [0.15, 0.2) is 24.5 Å². The lowest BCUT2D eigenvalue weighted by Crippen LogP contribution is -2.22. The second-order valence-corrected chi connectivity index (χ2v) is 3.79. The lowest BCUT2D eigenvalue weighted by Gasteiger charge is -2.12. The maximum absolute atomic E-state index is 10.9. The average Bonchev–Trinajstić information content (AvgIpc) is 2.68. The van der Waals surface area contributed by atoms with Crippen LogP contribution in [0.1, 0.15) is 17.9 Å². The number of nitrogens with zero attached hydrogens (tertiary/aromatic N) is 2. The third-order valence-corrected chi connectivity index (χ3v) is 2.83. The van der Waals surface area contributed by atoms with E-state index in [1.54, 1.807) is 11.1 Å². The molecule has 1 aliphatic rings. The van der Waals surface area contributed by atoms with Crippen molar-refractivity contribution < 1.29 is 4.79 Å². The van der Waals surface area contributed by atoms with Crippen molar-refractivity contribution >= 4 is 17.0 Å². The van der Waals surface area contributed by atoms with Crippen molar-refractivity contribution in [1.29, 1.82) is 0 Å². The molecule has 0 radical (unpaired) electrons. The highest BCUT2D eigenvalue weighted by Crippen LogP contribution is 2.26. The minimum absolute atomic E-state index is 0.351. The van der Waals surface area contributed by atoms with Crippen LogP contribution in [-0.2, 0) is 0 Å². The Morgan fingerprint density at radius 3 is 3.07 bits per heavy atom. The Balaban J connectivity index is 2.06. The summed E-state index contributed by atoms with van der Waals surface area (Å²) in [5, 5.41) is -0.351. The normalized spacial score (nSPS) is 21.2. The zero-order chi connectivity index (χ0) is 9.97. The Labute approximate surface area is 87.7 Å². The highest BCUT2D eigenvalue weighted by atomic mass is 35.5. The van der Waals surface area contributed by atoms with E-state index in [0.29, 0.717) is 12.5 Å². The fourth-order valence-electron chi connectivity index (χ4n) is 1.81. The smallest absolute Gasteiger partial charge is 0.316 e. The second kappa shape index (κ2) is 3.96. The van der Waals surface area contributed by atoms with Crippen LogP contribution in [-0.4, -0.2) is 28.3 Å².